The summed E-state index contributed by atoms with van der Waals surface area (Å²) >= 11 is 0. The van der Waals surface area contributed by atoms with E-state index < -0.39 is 0 Å². The van der Waals surface area contributed by atoms with Crippen molar-refractivity contribution in [3.05, 3.63) is 60.3 Å². The van der Waals surface area contributed by atoms with E-state index in [4.69, 9.17) is 10.5 Å². The van der Waals surface area contributed by atoms with Gasteiger partial charge in [-0.05, 0) is 29.8 Å². The predicted octanol–water partition coefficient (Wildman–Crippen LogP) is 3.44. The molecule has 0 saturated carbocycles. The monoisotopic (exact) mass is 279 g/mol. The average Bonchev–Trinajstić information content (AvgIpc) is 2.53. The van der Waals surface area contributed by atoms with Crippen molar-refractivity contribution in [1.29, 1.82) is 0 Å². The van der Waals surface area contributed by atoms with E-state index in [2.05, 4.69) is 16.4 Å². The molecule has 0 amide bonds. The van der Waals surface area contributed by atoms with Crippen LogP contribution in [-0.4, -0.2) is 12.1 Å². The number of rotatable bonds is 4. The van der Waals surface area contributed by atoms with Gasteiger partial charge in [0.05, 0.1) is 18.3 Å². The molecule has 3 rings (SSSR count). The third kappa shape index (κ3) is 2.74. The van der Waals surface area contributed by atoms with Crippen molar-refractivity contribution in [2.75, 3.05) is 18.2 Å². The van der Waals surface area contributed by atoms with Crippen LogP contribution in [-0.2, 0) is 6.54 Å². The van der Waals surface area contributed by atoms with Crippen LogP contribution in [0, 0.1) is 0 Å². The summed E-state index contributed by atoms with van der Waals surface area (Å²) in [6, 6.07) is 15.9. The minimum atomic E-state index is 0.649. The van der Waals surface area contributed by atoms with Gasteiger partial charge >= 0.3 is 0 Å². The van der Waals surface area contributed by atoms with Gasteiger partial charge < -0.3 is 15.8 Å². The van der Waals surface area contributed by atoms with E-state index in [0.717, 1.165) is 22.2 Å². The van der Waals surface area contributed by atoms with Crippen molar-refractivity contribution in [2.45, 2.75) is 6.54 Å². The zero-order chi connectivity index (χ0) is 14.7. The average molecular weight is 279 g/mol. The van der Waals surface area contributed by atoms with Gasteiger partial charge in [-0.15, -0.1) is 0 Å². The van der Waals surface area contributed by atoms with Crippen molar-refractivity contribution in [1.82, 2.24) is 4.98 Å². The molecule has 0 bridgehead atoms. The number of nitrogens with two attached hydrogens (primary N) is 1. The number of para-hydroxylation sites is 1. The molecule has 2 aromatic carbocycles. The number of benzene rings is 2. The van der Waals surface area contributed by atoms with Crippen molar-refractivity contribution in [2.24, 2.45) is 0 Å². The van der Waals surface area contributed by atoms with Crippen LogP contribution in [0.3, 0.4) is 0 Å². The number of aromatic nitrogens is 1. The first kappa shape index (κ1) is 13.2. The molecular formula is C17H17N3O. The van der Waals surface area contributed by atoms with E-state index >= 15 is 0 Å². The highest BCUT2D eigenvalue weighted by atomic mass is 16.5. The fourth-order valence-electron chi connectivity index (χ4n) is 2.34. The maximum absolute atomic E-state index is 5.93. The standard InChI is InChI=1S/C17H17N3O/c1-21-17-7-6-12(10-14(17)18)11-20-16-8-9-19-15-5-3-2-4-13(15)16/h2-10H,11,18H2,1H3,(H,19,20). The lowest BCUT2D eigenvalue weighted by atomic mass is 10.1. The first-order chi connectivity index (χ1) is 10.3. The molecule has 0 aliphatic heterocycles. The molecular weight excluding hydrogens is 262 g/mol. The zero-order valence-corrected chi connectivity index (χ0v) is 11.8. The van der Waals surface area contributed by atoms with Gasteiger partial charge in [0, 0.05) is 23.8 Å². The van der Waals surface area contributed by atoms with Crippen LogP contribution in [0.1, 0.15) is 5.56 Å². The summed E-state index contributed by atoms with van der Waals surface area (Å²) < 4.78 is 5.17. The van der Waals surface area contributed by atoms with E-state index in [9.17, 15) is 0 Å². The number of pyridine rings is 1. The van der Waals surface area contributed by atoms with Gasteiger partial charge in [0.15, 0.2) is 0 Å². The highest BCUT2D eigenvalue weighted by Gasteiger charge is 2.03. The second-order valence-electron chi connectivity index (χ2n) is 4.81. The van der Waals surface area contributed by atoms with Crippen molar-refractivity contribution in [3.63, 3.8) is 0 Å². The number of methoxy groups -OCH3 is 1. The Morgan fingerprint density at radius 2 is 2.00 bits per heavy atom. The smallest absolute Gasteiger partial charge is 0.141 e. The number of hydrogen-bond donors (Lipinski definition) is 2. The molecule has 4 nitrogen and oxygen atoms in total. The lowest BCUT2D eigenvalue weighted by Gasteiger charge is -2.11. The Kier molecular flexibility index (Phi) is 3.60. The third-order valence-electron chi connectivity index (χ3n) is 3.43. The van der Waals surface area contributed by atoms with Crippen LogP contribution in [0.25, 0.3) is 10.9 Å². The second kappa shape index (κ2) is 5.71. The number of anilines is 2. The zero-order valence-electron chi connectivity index (χ0n) is 11.8. The molecule has 0 saturated heterocycles. The minimum Gasteiger partial charge on any atom is -0.495 e. The van der Waals surface area contributed by atoms with Gasteiger partial charge in [-0.1, -0.05) is 24.3 Å². The summed E-state index contributed by atoms with van der Waals surface area (Å²) in [7, 11) is 1.62. The summed E-state index contributed by atoms with van der Waals surface area (Å²) in [5, 5.41) is 4.54. The molecule has 4 heteroatoms. The number of hydrogen-bond acceptors (Lipinski definition) is 4. The first-order valence-electron chi connectivity index (χ1n) is 6.78. The van der Waals surface area contributed by atoms with Crippen LogP contribution >= 0.6 is 0 Å². The van der Waals surface area contributed by atoms with Gasteiger partial charge in [-0.3, -0.25) is 4.98 Å². The highest BCUT2D eigenvalue weighted by Crippen LogP contribution is 2.24. The summed E-state index contributed by atoms with van der Waals surface area (Å²) in [5.74, 6) is 0.702. The molecule has 0 aliphatic rings. The van der Waals surface area contributed by atoms with Crippen molar-refractivity contribution >= 4 is 22.3 Å². The Bertz CT molecular complexity index is 766. The molecule has 21 heavy (non-hydrogen) atoms. The predicted molar refractivity (Wildman–Crippen MR) is 86.5 cm³/mol. The fourth-order valence-corrected chi connectivity index (χ4v) is 2.34. The Balaban J connectivity index is 1.82. The molecule has 0 fully saturated rings. The van der Waals surface area contributed by atoms with E-state index in [1.807, 2.05) is 48.7 Å². The molecule has 106 valence electrons. The van der Waals surface area contributed by atoms with Crippen molar-refractivity contribution < 1.29 is 4.74 Å². The molecule has 3 N–H and O–H groups in total. The normalized spacial score (nSPS) is 10.5. The third-order valence-corrected chi connectivity index (χ3v) is 3.43. The van der Waals surface area contributed by atoms with E-state index in [1.165, 1.54) is 0 Å². The van der Waals surface area contributed by atoms with Crippen LogP contribution in [0.4, 0.5) is 11.4 Å². The highest BCUT2D eigenvalue weighted by molar-refractivity contribution is 5.90. The van der Waals surface area contributed by atoms with Crippen molar-refractivity contribution in [3.8, 4) is 5.75 Å². The minimum absolute atomic E-state index is 0.649. The number of ether oxygens (including phenoxy) is 1. The summed E-state index contributed by atoms with van der Waals surface area (Å²) in [6.07, 6.45) is 1.81. The van der Waals surface area contributed by atoms with E-state index in [0.29, 0.717) is 18.0 Å². The molecule has 3 aromatic rings. The quantitative estimate of drug-likeness (QED) is 0.718. The number of fused-ring (bicyclic) bond motifs is 1. The topological polar surface area (TPSA) is 60.2 Å². The summed E-state index contributed by atoms with van der Waals surface area (Å²) in [4.78, 5) is 4.36. The Morgan fingerprint density at radius 1 is 1.14 bits per heavy atom. The fraction of sp³-hybridized carbons (Fsp3) is 0.118. The van der Waals surface area contributed by atoms with Gasteiger partial charge in [0.1, 0.15) is 5.75 Å². The summed E-state index contributed by atoms with van der Waals surface area (Å²) in [5.41, 5.74) is 9.73. The molecule has 0 radical (unpaired) electrons. The van der Waals surface area contributed by atoms with Crippen LogP contribution in [0.15, 0.2) is 54.7 Å². The largest absolute Gasteiger partial charge is 0.495 e. The van der Waals surface area contributed by atoms with Crippen LogP contribution in [0.2, 0.25) is 0 Å². The number of nitrogen functional groups attached to an aromatic ring is 1. The molecule has 0 aliphatic carbocycles. The molecule has 0 atom stereocenters. The van der Waals surface area contributed by atoms with E-state index in [-0.39, 0.29) is 0 Å². The van der Waals surface area contributed by atoms with Gasteiger partial charge in [-0.25, -0.2) is 0 Å². The Labute approximate surface area is 123 Å². The lowest BCUT2D eigenvalue weighted by molar-refractivity contribution is 0.417. The lowest BCUT2D eigenvalue weighted by Crippen LogP contribution is -2.02. The maximum atomic E-state index is 5.93. The Morgan fingerprint density at radius 3 is 2.81 bits per heavy atom. The SMILES string of the molecule is COc1ccc(CNc2ccnc3ccccc23)cc1N. The second-order valence-corrected chi connectivity index (χ2v) is 4.81. The maximum Gasteiger partial charge on any atom is 0.141 e. The molecule has 1 heterocycles. The molecule has 0 unspecified atom stereocenters. The molecule has 1 aromatic heterocycles. The van der Waals surface area contributed by atoms with Gasteiger partial charge in [0.2, 0.25) is 0 Å². The number of nitrogens with zero attached hydrogens (tertiary/aromatic N) is 1. The van der Waals surface area contributed by atoms with E-state index in [1.54, 1.807) is 7.11 Å². The summed E-state index contributed by atoms with van der Waals surface area (Å²) in [6.45, 7) is 0.697. The van der Waals surface area contributed by atoms with Crippen LogP contribution < -0.4 is 15.8 Å². The van der Waals surface area contributed by atoms with Gasteiger partial charge in [-0.2, -0.15) is 0 Å². The first-order valence-corrected chi connectivity index (χ1v) is 6.78. The number of nitrogens with one attached hydrogen (secondary N) is 1. The van der Waals surface area contributed by atoms with Gasteiger partial charge in [0.25, 0.3) is 0 Å². The Hall–Kier alpha value is -2.75. The van der Waals surface area contributed by atoms with Crippen LogP contribution in [0.5, 0.6) is 5.75 Å². The molecule has 0 spiro atoms.